The van der Waals surface area contributed by atoms with E-state index in [1.54, 1.807) is 7.05 Å². The van der Waals surface area contributed by atoms with Crippen molar-refractivity contribution in [2.75, 3.05) is 27.0 Å². The monoisotopic (exact) mass is 278 g/mol. The number of esters is 1. The number of rotatable bonds is 5. The Hall–Kier alpha value is -0.660. The van der Waals surface area contributed by atoms with Crippen LogP contribution in [-0.4, -0.2) is 57.7 Å². The lowest BCUT2D eigenvalue weighted by atomic mass is 9.91. The summed E-state index contributed by atoms with van der Waals surface area (Å²) in [5.74, 6) is -1.29. The maximum Gasteiger partial charge on any atom is 0.322 e. The molecule has 1 aliphatic carbocycles. The maximum absolute atomic E-state index is 12.0. The van der Waals surface area contributed by atoms with Gasteiger partial charge in [0.15, 0.2) is 5.75 Å². The second-order valence-corrected chi connectivity index (χ2v) is 6.67. The average Bonchev–Trinajstić information content (AvgIpc) is 2.37. The molecule has 0 aliphatic heterocycles. The lowest BCUT2D eigenvalue weighted by Crippen LogP contribution is -2.44. The van der Waals surface area contributed by atoms with Crippen LogP contribution >= 0.6 is 0 Å². The van der Waals surface area contributed by atoms with Gasteiger partial charge in [0.25, 0.3) is 0 Å². The Morgan fingerprint density at radius 2 is 1.89 bits per heavy atom. The van der Waals surface area contributed by atoms with Crippen LogP contribution < -0.4 is 5.32 Å². The summed E-state index contributed by atoms with van der Waals surface area (Å²) >= 11 is 0. The van der Waals surface area contributed by atoms with Crippen LogP contribution in [0.3, 0.4) is 0 Å². The van der Waals surface area contributed by atoms with E-state index in [0.29, 0.717) is 6.04 Å². The molecule has 1 N–H and O–H groups in total. The molecule has 0 unspecified atom stereocenters. The van der Waals surface area contributed by atoms with Crippen molar-refractivity contribution in [3.8, 4) is 0 Å². The van der Waals surface area contributed by atoms with Gasteiger partial charge in [-0.15, -0.1) is 0 Å². The molecule has 0 heterocycles. The molecule has 0 amide bonds. The molecule has 106 valence electrons. The number of methoxy groups -OCH3 is 1. The van der Waals surface area contributed by atoms with E-state index in [4.69, 9.17) is 0 Å². The third-order valence-electron chi connectivity index (χ3n) is 3.59. The van der Waals surface area contributed by atoms with Crippen molar-refractivity contribution in [3.63, 3.8) is 0 Å². The van der Waals surface area contributed by atoms with E-state index >= 15 is 0 Å². The number of sulfonamides is 1. The molecule has 0 aromatic rings. The first kappa shape index (κ1) is 15.4. The molecule has 1 rings (SSSR count). The van der Waals surface area contributed by atoms with Gasteiger partial charge < -0.3 is 10.1 Å². The Balaban J connectivity index is 2.59. The van der Waals surface area contributed by atoms with Crippen molar-refractivity contribution in [2.24, 2.45) is 0 Å². The van der Waals surface area contributed by atoms with Gasteiger partial charge in [0.05, 0.1) is 7.11 Å². The number of hydrogen-bond donors (Lipinski definition) is 1. The summed E-state index contributed by atoms with van der Waals surface area (Å²) < 4.78 is 29.7. The van der Waals surface area contributed by atoms with Crippen molar-refractivity contribution < 1.29 is 17.9 Å². The van der Waals surface area contributed by atoms with Crippen molar-refractivity contribution in [3.05, 3.63) is 0 Å². The smallest absolute Gasteiger partial charge is 0.322 e. The summed E-state index contributed by atoms with van der Waals surface area (Å²) in [6, 6.07) is 0.460. The van der Waals surface area contributed by atoms with E-state index in [-0.39, 0.29) is 6.04 Å². The van der Waals surface area contributed by atoms with Gasteiger partial charge in [-0.3, -0.25) is 4.79 Å². The minimum Gasteiger partial charge on any atom is -0.468 e. The van der Waals surface area contributed by atoms with Gasteiger partial charge in [0.2, 0.25) is 10.0 Å². The highest BCUT2D eigenvalue weighted by Crippen LogP contribution is 2.24. The first-order valence-corrected chi connectivity index (χ1v) is 7.71. The van der Waals surface area contributed by atoms with Crippen molar-refractivity contribution in [2.45, 2.75) is 37.8 Å². The van der Waals surface area contributed by atoms with Crippen molar-refractivity contribution in [1.82, 2.24) is 9.62 Å². The van der Waals surface area contributed by atoms with Crippen LogP contribution in [0, 0.1) is 0 Å². The second kappa shape index (κ2) is 6.49. The molecule has 0 radical (unpaired) electrons. The van der Waals surface area contributed by atoms with Crippen LogP contribution in [0.5, 0.6) is 0 Å². The zero-order valence-corrected chi connectivity index (χ0v) is 12.0. The van der Waals surface area contributed by atoms with Crippen molar-refractivity contribution in [1.29, 1.82) is 0 Å². The van der Waals surface area contributed by atoms with E-state index in [1.807, 2.05) is 7.05 Å². The normalized spacial score (nSPS) is 25.1. The minimum atomic E-state index is -3.56. The van der Waals surface area contributed by atoms with Crippen LogP contribution in [0.2, 0.25) is 0 Å². The van der Waals surface area contributed by atoms with Gasteiger partial charge in [0.1, 0.15) is 0 Å². The molecule has 0 spiro atoms. The fraction of sp³-hybridized carbons (Fsp3) is 0.909. The summed E-state index contributed by atoms with van der Waals surface area (Å²) in [5, 5.41) is 3.20. The fourth-order valence-corrected chi connectivity index (χ4v) is 3.55. The molecule has 7 heteroatoms. The standard InChI is InChI=1S/C11H22N2O4S/c1-12-9-4-6-10(7-5-9)13(2)18(15,16)8-11(14)17-3/h9-10,12H,4-8H2,1-3H3. The molecule has 0 bridgehead atoms. The first-order valence-electron chi connectivity index (χ1n) is 6.10. The molecule has 0 aromatic heterocycles. The molecule has 0 aromatic carbocycles. The molecular formula is C11H22N2O4S. The van der Waals surface area contributed by atoms with E-state index in [9.17, 15) is 13.2 Å². The molecular weight excluding hydrogens is 256 g/mol. The lowest BCUT2D eigenvalue weighted by Gasteiger charge is -2.33. The lowest BCUT2D eigenvalue weighted by molar-refractivity contribution is -0.137. The molecule has 1 aliphatic rings. The van der Waals surface area contributed by atoms with Gasteiger partial charge in [-0.05, 0) is 32.7 Å². The van der Waals surface area contributed by atoms with Crippen LogP contribution in [0.25, 0.3) is 0 Å². The van der Waals surface area contributed by atoms with Gasteiger partial charge in [0, 0.05) is 19.1 Å². The van der Waals surface area contributed by atoms with Gasteiger partial charge in [-0.1, -0.05) is 0 Å². The number of ether oxygens (including phenoxy) is 1. The Labute approximate surface area is 109 Å². The SMILES string of the molecule is CNC1CCC(N(C)S(=O)(=O)CC(=O)OC)CC1. The van der Waals surface area contributed by atoms with E-state index < -0.39 is 21.7 Å². The van der Waals surface area contributed by atoms with Gasteiger partial charge in [-0.25, -0.2) is 12.7 Å². The third-order valence-corrected chi connectivity index (χ3v) is 5.36. The third kappa shape index (κ3) is 3.93. The zero-order chi connectivity index (χ0) is 13.8. The number of hydrogen-bond acceptors (Lipinski definition) is 5. The fourth-order valence-electron chi connectivity index (χ4n) is 2.26. The summed E-state index contributed by atoms with van der Waals surface area (Å²) in [4.78, 5) is 11.1. The molecule has 6 nitrogen and oxygen atoms in total. The first-order chi connectivity index (χ1) is 8.40. The van der Waals surface area contributed by atoms with Crippen molar-refractivity contribution >= 4 is 16.0 Å². The van der Waals surface area contributed by atoms with E-state index in [0.717, 1.165) is 25.7 Å². The minimum absolute atomic E-state index is 0.00995. The van der Waals surface area contributed by atoms with Gasteiger partial charge >= 0.3 is 5.97 Å². The summed E-state index contributed by atoms with van der Waals surface area (Å²) in [6.45, 7) is 0. The predicted molar refractivity (Wildman–Crippen MR) is 68.7 cm³/mol. The van der Waals surface area contributed by atoms with Crippen LogP contribution in [0.4, 0.5) is 0 Å². The Kier molecular flexibility index (Phi) is 5.55. The second-order valence-electron chi connectivity index (χ2n) is 4.64. The quantitative estimate of drug-likeness (QED) is 0.714. The summed E-state index contributed by atoms with van der Waals surface area (Å²) in [5.41, 5.74) is 0. The zero-order valence-electron chi connectivity index (χ0n) is 11.2. The summed E-state index contributed by atoms with van der Waals surface area (Å²) in [7, 11) is 1.10. The van der Waals surface area contributed by atoms with Gasteiger partial charge in [-0.2, -0.15) is 0 Å². The van der Waals surface area contributed by atoms with Crippen LogP contribution in [0.15, 0.2) is 0 Å². The highest BCUT2D eigenvalue weighted by atomic mass is 32.2. The number of carbonyl (C=O) groups is 1. The topological polar surface area (TPSA) is 75.7 Å². The molecule has 18 heavy (non-hydrogen) atoms. The van der Waals surface area contributed by atoms with E-state index in [2.05, 4.69) is 10.1 Å². The maximum atomic E-state index is 12.0. The van der Waals surface area contributed by atoms with Crippen LogP contribution in [0.1, 0.15) is 25.7 Å². The average molecular weight is 278 g/mol. The molecule has 0 saturated heterocycles. The highest BCUT2D eigenvalue weighted by molar-refractivity contribution is 7.89. The summed E-state index contributed by atoms with van der Waals surface area (Å²) in [6.07, 6.45) is 3.56. The molecule has 1 fully saturated rings. The Morgan fingerprint density at radius 3 is 2.33 bits per heavy atom. The Bertz CT molecular complexity index is 375. The Morgan fingerprint density at radius 1 is 1.33 bits per heavy atom. The predicted octanol–water partition coefficient (Wildman–Crippen LogP) is -0.0484. The van der Waals surface area contributed by atoms with E-state index in [1.165, 1.54) is 11.4 Å². The molecule has 0 atom stereocenters. The number of carbonyl (C=O) groups excluding carboxylic acids is 1. The highest BCUT2D eigenvalue weighted by Gasteiger charge is 2.31. The molecule has 1 saturated carbocycles. The number of nitrogens with one attached hydrogen (secondary N) is 1. The number of nitrogens with zero attached hydrogens (tertiary/aromatic N) is 1. The largest absolute Gasteiger partial charge is 0.468 e. The van der Waals surface area contributed by atoms with Crippen LogP contribution in [-0.2, 0) is 19.6 Å².